The molecule has 0 aromatic heterocycles. The number of hydrogen-bond acceptors (Lipinski definition) is 3. The molecule has 4 nitrogen and oxygen atoms in total. The van der Waals surface area contributed by atoms with E-state index in [-0.39, 0.29) is 18.0 Å². The molecule has 1 N–H and O–H groups in total. The highest BCUT2D eigenvalue weighted by atomic mass is 32.2. The average molecular weight is 209 g/mol. The van der Waals surface area contributed by atoms with Crippen molar-refractivity contribution in [3.8, 4) is 0 Å². The molecule has 0 fully saturated rings. The minimum absolute atomic E-state index is 0.0370. The fourth-order valence-corrected chi connectivity index (χ4v) is 2.17. The second kappa shape index (κ2) is 3.34. The van der Waals surface area contributed by atoms with E-state index >= 15 is 0 Å². The van der Waals surface area contributed by atoms with Crippen LogP contribution in [0.3, 0.4) is 0 Å². The number of nitrogens with zero attached hydrogens (tertiary/aromatic N) is 1. The van der Waals surface area contributed by atoms with Gasteiger partial charge in [-0.25, -0.2) is 4.79 Å². The molecule has 0 bridgehead atoms. The standard InChI is InChI=1S/C9H7NO3S/c11-7-3-1-2-4-8-10(7)6(5-14-8)9(12)13/h1-2,4-5H,3H2,(H,12,13). The lowest BCUT2D eigenvalue weighted by Gasteiger charge is -2.16. The number of aliphatic carboxylic acids is 1. The molecule has 72 valence electrons. The number of carbonyl (C=O) groups is 2. The maximum absolute atomic E-state index is 11.5. The van der Waals surface area contributed by atoms with Gasteiger partial charge in [0.05, 0.1) is 5.03 Å². The quantitative estimate of drug-likeness (QED) is 0.707. The Morgan fingerprint density at radius 3 is 3.07 bits per heavy atom. The molecule has 0 aromatic rings. The molecule has 1 amide bonds. The van der Waals surface area contributed by atoms with Crippen LogP contribution < -0.4 is 0 Å². The number of carboxylic acid groups (broad SMARTS) is 1. The van der Waals surface area contributed by atoms with Crippen LogP contribution in [0.5, 0.6) is 0 Å². The Balaban J connectivity index is 2.38. The van der Waals surface area contributed by atoms with Crippen LogP contribution in [0.1, 0.15) is 6.42 Å². The molecule has 0 saturated carbocycles. The molecule has 0 saturated heterocycles. The van der Waals surface area contributed by atoms with Gasteiger partial charge in [0, 0.05) is 11.8 Å². The second-order valence-corrected chi connectivity index (χ2v) is 3.68. The Morgan fingerprint density at radius 1 is 1.57 bits per heavy atom. The Kier molecular flexibility index (Phi) is 2.17. The predicted molar refractivity (Wildman–Crippen MR) is 52.0 cm³/mol. The Bertz CT molecular complexity index is 395. The van der Waals surface area contributed by atoms with Crippen molar-refractivity contribution in [2.24, 2.45) is 0 Å². The van der Waals surface area contributed by atoms with Gasteiger partial charge in [-0.1, -0.05) is 23.9 Å². The fourth-order valence-electron chi connectivity index (χ4n) is 1.27. The van der Waals surface area contributed by atoms with Crippen molar-refractivity contribution < 1.29 is 14.7 Å². The van der Waals surface area contributed by atoms with E-state index in [1.807, 2.05) is 0 Å². The molecule has 2 aliphatic heterocycles. The van der Waals surface area contributed by atoms with Crippen molar-refractivity contribution in [3.05, 3.63) is 34.4 Å². The fraction of sp³-hybridized carbons (Fsp3) is 0.111. The molecule has 0 aliphatic carbocycles. The predicted octanol–water partition coefficient (Wildman–Crippen LogP) is 1.29. The molecular formula is C9H7NO3S. The third kappa shape index (κ3) is 1.35. The molecular weight excluding hydrogens is 202 g/mol. The van der Waals surface area contributed by atoms with E-state index in [0.29, 0.717) is 5.03 Å². The van der Waals surface area contributed by atoms with E-state index in [2.05, 4.69) is 0 Å². The first-order valence-electron chi connectivity index (χ1n) is 4.00. The van der Waals surface area contributed by atoms with E-state index in [4.69, 9.17) is 5.11 Å². The van der Waals surface area contributed by atoms with Gasteiger partial charge in [-0.2, -0.15) is 0 Å². The van der Waals surface area contributed by atoms with Crippen LogP contribution in [-0.4, -0.2) is 21.9 Å². The summed E-state index contributed by atoms with van der Waals surface area (Å²) in [6, 6.07) is 0. The van der Waals surface area contributed by atoms with E-state index in [1.54, 1.807) is 18.2 Å². The molecule has 0 aromatic carbocycles. The van der Waals surface area contributed by atoms with Crippen molar-refractivity contribution in [3.63, 3.8) is 0 Å². The van der Waals surface area contributed by atoms with E-state index in [1.165, 1.54) is 22.1 Å². The molecule has 2 aliphatic rings. The van der Waals surface area contributed by atoms with Crippen molar-refractivity contribution in [2.45, 2.75) is 6.42 Å². The summed E-state index contributed by atoms with van der Waals surface area (Å²) < 4.78 is 0. The number of carbonyl (C=O) groups excluding carboxylic acids is 1. The lowest BCUT2D eigenvalue weighted by molar-refractivity contribution is -0.137. The van der Waals surface area contributed by atoms with Crippen LogP contribution >= 0.6 is 11.8 Å². The van der Waals surface area contributed by atoms with Gasteiger partial charge in [0.25, 0.3) is 0 Å². The number of thioether (sulfide) groups is 1. The van der Waals surface area contributed by atoms with Crippen LogP contribution in [0.25, 0.3) is 0 Å². The van der Waals surface area contributed by atoms with Gasteiger partial charge in [-0.05, 0) is 6.08 Å². The summed E-state index contributed by atoms with van der Waals surface area (Å²) >= 11 is 1.25. The lowest BCUT2D eigenvalue weighted by atomic mass is 10.3. The first kappa shape index (κ1) is 9.08. The van der Waals surface area contributed by atoms with Gasteiger partial charge < -0.3 is 5.11 Å². The summed E-state index contributed by atoms with van der Waals surface area (Å²) in [4.78, 5) is 23.6. The van der Waals surface area contributed by atoms with Gasteiger partial charge >= 0.3 is 5.97 Å². The van der Waals surface area contributed by atoms with Crippen molar-refractivity contribution in [2.75, 3.05) is 0 Å². The average Bonchev–Trinajstić information content (AvgIpc) is 2.48. The van der Waals surface area contributed by atoms with Gasteiger partial charge in [0.1, 0.15) is 5.70 Å². The highest BCUT2D eigenvalue weighted by Gasteiger charge is 2.31. The Hall–Kier alpha value is -1.49. The van der Waals surface area contributed by atoms with E-state index in [9.17, 15) is 9.59 Å². The zero-order valence-corrected chi connectivity index (χ0v) is 7.95. The van der Waals surface area contributed by atoms with E-state index < -0.39 is 5.97 Å². The first-order chi connectivity index (χ1) is 6.70. The number of amides is 1. The first-order valence-corrected chi connectivity index (χ1v) is 4.88. The van der Waals surface area contributed by atoms with Crippen molar-refractivity contribution in [1.29, 1.82) is 0 Å². The molecule has 0 radical (unpaired) electrons. The lowest BCUT2D eigenvalue weighted by Crippen LogP contribution is -2.28. The molecule has 2 rings (SSSR count). The van der Waals surface area contributed by atoms with Gasteiger partial charge in [-0.15, -0.1) is 0 Å². The zero-order chi connectivity index (χ0) is 10.1. The topological polar surface area (TPSA) is 57.6 Å². The van der Waals surface area contributed by atoms with Gasteiger partial charge in [0.15, 0.2) is 0 Å². The monoisotopic (exact) mass is 209 g/mol. The van der Waals surface area contributed by atoms with E-state index in [0.717, 1.165) is 0 Å². The zero-order valence-electron chi connectivity index (χ0n) is 7.14. The largest absolute Gasteiger partial charge is 0.477 e. The molecule has 0 atom stereocenters. The van der Waals surface area contributed by atoms with Gasteiger partial charge in [-0.3, -0.25) is 9.69 Å². The normalized spacial score (nSPS) is 20.0. The number of carboxylic acids is 1. The number of hydrogen-bond donors (Lipinski definition) is 1. The van der Waals surface area contributed by atoms with Crippen LogP contribution in [-0.2, 0) is 9.59 Å². The third-order valence-electron chi connectivity index (χ3n) is 1.89. The minimum atomic E-state index is -1.07. The SMILES string of the molecule is O=C(O)C1=CSC2=CC=CCC(=O)N21. The molecule has 14 heavy (non-hydrogen) atoms. The summed E-state index contributed by atoms with van der Waals surface area (Å²) in [6.07, 6.45) is 5.46. The molecule has 0 unspecified atom stereocenters. The Labute approximate surface area is 84.6 Å². The highest BCUT2D eigenvalue weighted by Crippen LogP contribution is 2.36. The summed E-state index contributed by atoms with van der Waals surface area (Å²) in [5.74, 6) is -1.28. The van der Waals surface area contributed by atoms with Crippen LogP contribution in [0.15, 0.2) is 34.4 Å². The number of rotatable bonds is 1. The minimum Gasteiger partial charge on any atom is -0.477 e. The second-order valence-electron chi connectivity index (χ2n) is 2.79. The van der Waals surface area contributed by atoms with Crippen LogP contribution in [0, 0.1) is 0 Å². The smallest absolute Gasteiger partial charge is 0.353 e. The molecule has 5 heteroatoms. The van der Waals surface area contributed by atoms with Crippen molar-refractivity contribution in [1.82, 2.24) is 4.90 Å². The summed E-state index contributed by atoms with van der Waals surface area (Å²) in [5, 5.41) is 11.0. The summed E-state index contributed by atoms with van der Waals surface area (Å²) in [5.41, 5.74) is 0.0370. The van der Waals surface area contributed by atoms with Crippen LogP contribution in [0.2, 0.25) is 0 Å². The highest BCUT2D eigenvalue weighted by molar-refractivity contribution is 8.06. The summed E-state index contributed by atoms with van der Waals surface area (Å²) in [7, 11) is 0. The maximum Gasteiger partial charge on any atom is 0.353 e. The van der Waals surface area contributed by atoms with Gasteiger partial charge in [0.2, 0.25) is 5.91 Å². The molecule has 0 spiro atoms. The third-order valence-corrected chi connectivity index (χ3v) is 2.79. The van der Waals surface area contributed by atoms with Crippen molar-refractivity contribution >= 4 is 23.6 Å². The van der Waals surface area contributed by atoms with Crippen LogP contribution in [0.4, 0.5) is 0 Å². The molecule has 2 heterocycles. The number of allylic oxidation sites excluding steroid dienone is 2. The summed E-state index contributed by atoms with van der Waals surface area (Å²) in [6.45, 7) is 0. The maximum atomic E-state index is 11.5. The Morgan fingerprint density at radius 2 is 2.36 bits per heavy atom. The number of fused-ring (bicyclic) bond motifs is 1.